The van der Waals surface area contributed by atoms with Crippen molar-refractivity contribution >= 4 is 11.8 Å². The van der Waals surface area contributed by atoms with Gasteiger partial charge in [0.2, 0.25) is 5.78 Å². The molecule has 0 aliphatic rings. The van der Waals surface area contributed by atoms with Gasteiger partial charge in [-0.25, -0.2) is 4.79 Å². The number of hydrogen-bond donors (Lipinski definition) is 0. The maximum absolute atomic E-state index is 12.2. The number of carbonyl (C=O) groups excluding carboxylic acids is 2. The second-order valence-electron chi connectivity index (χ2n) is 3.44. The van der Waals surface area contributed by atoms with Crippen molar-refractivity contribution in [1.29, 1.82) is 0 Å². The highest BCUT2D eigenvalue weighted by Crippen LogP contribution is 2.11. The zero-order valence-electron chi connectivity index (χ0n) is 9.66. The van der Waals surface area contributed by atoms with Crippen LogP contribution in [0.2, 0.25) is 0 Å². The van der Waals surface area contributed by atoms with Crippen LogP contribution in [0.25, 0.3) is 0 Å². The summed E-state index contributed by atoms with van der Waals surface area (Å²) >= 11 is 0. The van der Waals surface area contributed by atoms with E-state index < -0.39 is 11.8 Å². The summed E-state index contributed by atoms with van der Waals surface area (Å²) in [7, 11) is 1.25. The molecule has 0 N–H and O–H groups in total. The fourth-order valence-corrected chi connectivity index (χ4v) is 1.48. The summed E-state index contributed by atoms with van der Waals surface area (Å²) in [6.07, 6.45) is 2.95. The summed E-state index contributed by atoms with van der Waals surface area (Å²) in [6.45, 7) is 0. The number of methoxy groups -OCH3 is 1. The fraction of sp³-hybridized carbons (Fsp3) is 0.0769. The molecule has 0 amide bonds. The normalized spacial score (nSPS) is 9.83. The molecule has 2 rings (SSSR count). The summed E-state index contributed by atoms with van der Waals surface area (Å²) in [5, 5.41) is 0. The number of aromatic nitrogens is 2. The van der Waals surface area contributed by atoms with E-state index in [1.165, 1.54) is 25.6 Å². The van der Waals surface area contributed by atoms with Gasteiger partial charge in [0.25, 0.3) is 0 Å². The molecule has 2 aromatic rings. The van der Waals surface area contributed by atoms with Gasteiger partial charge in [-0.2, -0.15) is 0 Å². The van der Waals surface area contributed by atoms with Crippen LogP contribution in [0.1, 0.15) is 26.5 Å². The predicted octanol–water partition coefficient (Wildman–Crippen LogP) is 1.49. The third kappa shape index (κ3) is 2.24. The van der Waals surface area contributed by atoms with Gasteiger partial charge in [0, 0.05) is 12.4 Å². The lowest BCUT2D eigenvalue weighted by Crippen LogP contribution is -2.14. The second-order valence-corrected chi connectivity index (χ2v) is 3.44. The molecule has 90 valence electrons. The average molecular weight is 242 g/mol. The van der Waals surface area contributed by atoms with Crippen molar-refractivity contribution in [3.63, 3.8) is 0 Å². The van der Waals surface area contributed by atoms with Gasteiger partial charge in [-0.15, -0.1) is 0 Å². The van der Waals surface area contributed by atoms with Gasteiger partial charge < -0.3 is 4.74 Å². The van der Waals surface area contributed by atoms with Crippen LogP contribution in [-0.2, 0) is 4.74 Å². The minimum absolute atomic E-state index is 0.0445. The van der Waals surface area contributed by atoms with Gasteiger partial charge in [0.1, 0.15) is 11.4 Å². The second kappa shape index (κ2) is 5.18. The maximum atomic E-state index is 12.2. The van der Waals surface area contributed by atoms with E-state index in [4.69, 9.17) is 0 Å². The number of hydrogen-bond acceptors (Lipinski definition) is 5. The van der Waals surface area contributed by atoms with Crippen LogP contribution in [-0.4, -0.2) is 28.8 Å². The van der Waals surface area contributed by atoms with E-state index in [-0.39, 0.29) is 17.0 Å². The quantitative estimate of drug-likeness (QED) is 0.602. The van der Waals surface area contributed by atoms with Crippen molar-refractivity contribution in [2.75, 3.05) is 7.11 Å². The first kappa shape index (κ1) is 11.9. The fourth-order valence-electron chi connectivity index (χ4n) is 1.48. The van der Waals surface area contributed by atoms with E-state index in [0.29, 0.717) is 0 Å². The van der Waals surface area contributed by atoms with Crippen LogP contribution in [0.4, 0.5) is 0 Å². The van der Waals surface area contributed by atoms with Gasteiger partial charge in [-0.3, -0.25) is 14.8 Å². The summed E-state index contributed by atoms with van der Waals surface area (Å²) in [5.41, 5.74) is 0.417. The third-order valence-corrected chi connectivity index (χ3v) is 2.33. The van der Waals surface area contributed by atoms with Crippen molar-refractivity contribution in [3.05, 3.63) is 59.7 Å². The molecule has 5 nitrogen and oxygen atoms in total. The summed E-state index contributed by atoms with van der Waals surface area (Å²) in [6, 6.07) is 8.03. The molecule has 2 aromatic heterocycles. The highest BCUT2D eigenvalue weighted by Gasteiger charge is 2.20. The molecule has 0 saturated heterocycles. The summed E-state index contributed by atoms with van der Waals surface area (Å²) in [5.74, 6) is -1.00. The molecule has 0 spiro atoms. The average Bonchev–Trinajstić information content (AvgIpc) is 2.46. The number of ether oxygens (including phenoxy) is 1. The number of ketones is 1. The van der Waals surface area contributed by atoms with E-state index >= 15 is 0 Å². The molecule has 0 aliphatic carbocycles. The number of carbonyl (C=O) groups is 2. The van der Waals surface area contributed by atoms with Gasteiger partial charge in [-0.1, -0.05) is 6.07 Å². The summed E-state index contributed by atoms with van der Waals surface area (Å²) < 4.78 is 4.61. The van der Waals surface area contributed by atoms with Crippen LogP contribution >= 0.6 is 0 Å². The number of rotatable bonds is 3. The molecule has 0 saturated carbocycles. The SMILES string of the molecule is COC(=O)c1cccnc1C(=O)c1ccccn1. The molecule has 18 heavy (non-hydrogen) atoms. The molecule has 0 unspecified atom stereocenters. The standard InChI is InChI=1S/C13H10N2O3/c1-18-13(17)9-5-4-8-15-11(9)12(16)10-6-2-3-7-14-10/h2-8H,1H3. The highest BCUT2D eigenvalue weighted by molar-refractivity contribution is 6.12. The van der Waals surface area contributed by atoms with Crippen LogP contribution in [0.3, 0.4) is 0 Å². The number of pyridine rings is 2. The molecule has 2 heterocycles. The predicted molar refractivity (Wildman–Crippen MR) is 63.2 cm³/mol. The van der Waals surface area contributed by atoms with Crippen LogP contribution in [0.15, 0.2) is 42.7 Å². The Morgan fingerprint density at radius 2 is 1.83 bits per heavy atom. The van der Waals surface area contributed by atoms with Crippen molar-refractivity contribution in [2.45, 2.75) is 0 Å². The largest absolute Gasteiger partial charge is 0.465 e. The topological polar surface area (TPSA) is 69.2 Å². The molecule has 5 heteroatoms. The van der Waals surface area contributed by atoms with E-state index in [0.717, 1.165) is 0 Å². The zero-order chi connectivity index (χ0) is 13.0. The molecule has 0 aromatic carbocycles. The Hall–Kier alpha value is -2.56. The molecule has 0 radical (unpaired) electrons. The van der Waals surface area contributed by atoms with Crippen LogP contribution in [0, 0.1) is 0 Å². The first-order chi connectivity index (χ1) is 8.74. The van der Waals surface area contributed by atoms with Crippen LogP contribution in [0.5, 0.6) is 0 Å². The summed E-state index contributed by atoms with van der Waals surface area (Å²) in [4.78, 5) is 31.6. The first-order valence-corrected chi connectivity index (χ1v) is 5.23. The lowest BCUT2D eigenvalue weighted by atomic mass is 10.1. The molecular weight excluding hydrogens is 232 g/mol. The Kier molecular flexibility index (Phi) is 3.43. The van der Waals surface area contributed by atoms with Gasteiger partial charge >= 0.3 is 5.97 Å². The Balaban J connectivity index is 2.46. The van der Waals surface area contributed by atoms with Gasteiger partial charge in [0.05, 0.1) is 12.7 Å². The number of nitrogens with zero attached hydrogens (tertiary/aromatic N) is 2. The molecule has 0 bridgehead atoms. The number of esters is 1. The minimum Gasteiger partial charge on any atom is -0.465 e. The van der Waals surface area contributed by atoms with Crippen molar-refractivity contribution in [2.24, 2.45) is 0 Å². The monoisotopic (exact) mass is 242 g/mol. The zero-order valence-corrected chi connectivity index (χ0v) is 9.66. The molecular formula is C13H10N2O3. The third-order valence-electron chi connectivity index (χ3n) is 2.33. The maximum Gasteiger partial charge on any atom is 0.340 e. The molecule has 0 atom stereocenters. The van der Waals surface area contributed by atoms with E-state index in [1.807, 2.05) is 0 Å². The highest BCUT2D eigenvalue weighted by atomic mass is 16.5. The van der Waals surface area contributed by atoms with Crippen LogP contribution < -0.4 is 0 Å². The molecule has 0 fully saturated rings. The van der Waals surface area contributed by atoms with E-state index in [9.17, 15) is 9.59 Å². The van der Waals surface area contributed by atoms with Crippen molar-refractivity contribution in [1.82, 2.24) is 9.97 Å². The van der Waals surface area contributed by atoms with Gasteiger partial charge in [-0.05, 0) is 24.3 Å². The smallest absolute Gasteiger partial charge is 0.340 e. The van der Waals surface area contributed by atoms with Crippen molar-refractivity contribution in [3.8, 4) is 0 Å². The lowest BCUT2D eigenvalue weighted by molar-refractivity contribution is 0.0596. The van der Waals surface area contributed by atoms with Gasteiger partial charge in [0.15, 0.2) is 0 Å². The Labute approximate surface area is 103 Å². The Bertz CT molecular complexity index is 582. The lowest BCUT2D eigenvalue weighted by Gasteiger charge is -2.04. The van der Waals surface area contributed by atoms with E-state index in [2.05, 4.69) is 14.7 Å². The van der Waals surface area contributed by atoms with E-state index in [1.54, 1.807) is 24.3 Å². The Morgan fingerprint density at radius 3 is 2.50 bits per heavy atom. The van der Waals surface area contributed by atoms with Crippen molar-refractivity contribution < 1.29 is 14.3 Å². The molecule has 0 aliphatic heterocycles. The minimum atomic E-state index is -0.595. The Morgan fingerprint density at radius 1 is 1.06 bits per heavy atom. The first-order valence-electron chi connectivity index (χ1n) is 5.23.